The largest absolute Gasteiger partial charge is 0.464 e. The molecule has 0 amide bonds. The number of likely N-dealkylation sites (N-methyl/N-ethyl adjacent to an activating group) is 1. The molecule has 4 aliphatic rings. The fourth-order valence-corrected chi connectivity index (χ4v) is 5.58. The lowest BCUT2D eigenvalue weighted by atomic mass is 9.43. The van der Waals surface area contributed by atoms with Gasteiger partial charge in [-0.25, -0.2) is 0 Å². The molecule has 2 atom stereocenters. The second kappa shape index (κ2) is 5.01. The van der Waals surface area contributed by atoms with Gasteiger partial charge in [-0.15, -0.1) is 0 Å². The summed E-state index contributed by atoms with van der Waals surface area (Å²) in [7, 11) is 4.04. The van der Waals surface area contributed by atoms with Gasteiger partial charge in [-0.3, -0.25) is 4.79 Å². The fraction of sp³-hybridized carbons (Fsp3) is 0.941. The van der Waals surface area contributed by atoms with Crippen molar-refractivity contribution in [3.63, 3.8) is 0 Å². The Kier molecular flexibility index (Phi) is 3.60. The highest BCUT2D eigenvalue weighted by atomic mass is 16.5. The number of esters is 1. The van der Waals surface area contributed by atoms with E-state index in [2.05, 4.69) is 11.8 Å². The maximum Gasteiger partial charge on any atom is 0.312 e. The third-order valence-corrected chi connectivity index (χ3v) is 6.14. The minimum Gasteiger partial charge on any atom is -0.464 e. The topological polar surface area (TPSA) is 29.5 Å². The van der Waals surface area contributed by atoms with Crippen molar-refractivity contribution in [2.45, 2.75) is 51.9 Å². The van der Waals surface area contributed by atoms with Gasteiger partial charge < -0.3 is 9.64 Å². The molecule has 4 rings (SSSR count). The van der Waals surface area contributed by atoms with Crippen molar-refractivity contribution in [1.29, 1.82) is 0 Å². The van der Waals surface area contributed by atoms with Gasteiger partial charge in [0, 0.05) is 6.54 Å². The minimum atomic E-state index is -0.119. The molecule has 20 heavy (non-hydrogen) atoms. The molecule has 3 heteroatoms. The van der Waals surface area contributed by atoms with Gasteiger partial charge in [0.05, 0.1) is 5.41 Å². The second-order valence-corrected chi connectivity index (χ2v) is 8.03. The molecule has 0 saturated heterocycles. The summed E-state index contributed by atoms with van der Waals surface area (Å²) in [4.78, 5) is 14.8. The average molecular weight is 279 g/mol. The van der Waals surface area contributed by atoms with Crippen LogP contribution in [-0.2, 0) is 9.53 Å². The van der Waals surface area contributed by atoms with Crippen LogP contribution in [0.25, 0.3) is 0 Å². The van der Waals surface area contributed by atoms with Crippen LogP contribution < -0.4 is 0 Å². The monoisotopic (exact) mass is 279 g/mol. The van der Waals surface area contributed by atoms with Crippen molar-refractivity contribution < 1.29 is 9.53 Å². The van der Waals surface area contributed by atoms with Gasteiger partial charge in [0.2, 0.25) is 0 Å². The number of carbonyl (C=O) groups is 1. The smallest absolute Gasteiger partial charge is 0.312 e. The Morgan fingerprint density at radius 2 is 1.85 bits per heavy atom. The summed E-state index contributed by atoms with van der Waals surface area (Å²) in [6.07, 6.45) is 8.66. The predicted octanol–water partition coefficient (Wildman–Crippen LogP) is 3.09. The van der Waals surface area contributed by atoms with Gasteiger partial charge in [0.25, 0.3) is 0 Å². The van der Waals surface area contributed by atoms with Crippen LogP contribution in [0.3, 0.4) is 0 Å². The van der Waals surface area contributed by atoms with E-state index in [-0.39, 0.29) is 11.4 Å². The van der Waals surface area contributed by atoms with E-state index in [1.165, 1.54) is 25.7 Å². The predicted molar refractivity (Wildman–Crippen MR) is 79.4 cm³/mol. The molecule has 4 fully saturated rings. The molecule has 0 spiro atoms. The highest BCUT2D eigenvalue weighted by Crippen LogP contribution is 2.66. The number of carbonyl (C=O) groups excluding carboxylic acids is 1. The van der Waals surface area contributed by atoms with Crippen LogP contribution in [0.2, 0.25) is 0 Å². The van der Waals surface area contributed by atoms with E-state index in [1.807, 2.05) is 14.1 Å². The van der Waals surface area contributed by atoms with Crippen LogP contribution >= 0.6 is 0 Å². The lowest BCUT2D eigenvalue weighted by molar-refractivity contribution is -0.181. The summed E-state index contributed by atoms with van der Waals surface area (Å²) < 4.78 is 5.65. The van der Waals surface area contributed by atoms with Crippen LogP contribution in [-0.4, -0.2) is 38.1 Å². The Morgan fingerprint density at radius 3 is 2.40 bits per heavy atom. The molecule has 2 unspecified atom stereocenters. The Hall–Kier alpha value is -0.570. The number of hydrogen-bond donors (Lipinski definition) is 0. The Labute approximate surface area is 123 Å². The zero-order valence-electron chi connectivity index (χ0n) is 13.3. The van der Waals surface area contributed by atoms with Crippen molar-refractivity contribution in [1.82, 2.24) is 4.90 Å². The van der Waals surface area contributed by atoms with Crippen LogP contribution in [0.15, 0.2) is 0 Å². The van der Waals surface area contributed by atoms with Crippen molar-refractivity contribution in [3.05, 3.63) is 0 Å². The highest BCUT2D eigenvalue weighted by molar-refractivity contribution is 5.77. The van der Waals surface area contributed by atoms with E-state index in [0.29, 0.717) is 12.0 Å². The Morgan fingerprint density at radius 1 is 1.20 bits per heavy atom. The van der Waals surface area contributed by atoms with Gasteiger partial charge in [0.1, 0.15) is 6.61 Å². The molecule has 4 aliphatic carbocycles. The standard InChI is InChI=1S/C17H29NO2/c1-4-16-8-13-7-14(9-16)11-17(10-13,12-16)15(19)20-6-5-18(2)3/h13-14H,4-12H2,1-3H3. The number of rotatable bonds is 5. The van der Waals surface area contributed by atoms with Gasteiger partial charge >= 0.3 is 5.97 Å². The van der Waals surface area contributed by atoms with Crippen LogP contribution in [0.1, 0.15) is 51.9 Å². The molecular formula is C17H29NO2. The summed E-state index contributed by atoms with van der Waals surface area (Å²) in [5.41, 5.74) is 0.344. The molecule has 0 aliphatic heterocycles. The van der Waals surface area contributed by atoms with Crippen LogP contribution in [0.4, 0.5) is 0 Å². The third kappa shape index (κ3) is 2.38. The van der Waals surface area contributed by atoms with E-state index in [0.717, 1.165) is 37.6 Å². The molecule has 0 radical (unpaired) electrons. The highest BCUT2D eigenvalue weighted by Gasteiger charge is 2.60. The maximum atomic E-state index is 12.7. The first-order valence-electron chi connectivity index (χ1n) is 8.29. The fourth-order valence-electron chi connectivity index (χ4n) is 5.58. The number of hydrogen-bond acceptors (Lipinski definition) is 3. The van der Waals surface area contributed by atoms with Gasteiger partial charge in [0.15, 0.2) is 0 Å². The summed E-state index contributed by atoms with van der Waals surface area (Å²) in [6, 6.07) is 0. The first-order chi connectivity index (χ1) is 9.47. The van der Waals surface area contributed by atoms with Gasteiger partial charge in [-0.2, -0.15) is 0 Å². The van der Waals surface area contributed by atoms with Crippen LogP contribution in [0.5, 0.6) is 0 Å². The second-order valence-electron chi connectivity index (χ2n) is 8.03. The third-order valence-electron chi connectivity index (χ3n) is 6.14. The van der Waals surface area contributed by atoms with E-state index in [9.17, 15) is 4.79 Å². The normalized spacial score (nSPS) is 42.2. The van der Waals surface area contributed by atoms with E-state index in [1.54, 1.807) is 0 Å². The van der Waals surface area contributed by atoms with Gasteiger partial charge in [-0.1, -0.05) is 13.3 Å². The van der Waals surface area contributed by atoms with Crippen LogP contribution in [0, 0.1) is 22.7 Å². The molecule has 4 bridgehead atoms. The molecule has 0 aromatic heterocycles. The summed E-state index contributed by atoms with van der Waals surface area (Å²) in [5, 5.41) is 0. The van der Waals surface area contributed by atoms with E-state index in [4.69, 9.17) is 4.74 Å². The number of ether oxygens (including phenoxy) is 1. The maximum absolute atomic E-state index is 12.7. The van der Waals surface area contributed by atoms with Crippen molar-refractivity contribution in [2.75, 3.05) is 27.2 Å². The van der Waals surface area contributed by atoms with Crippen molar-refractivity contribution in [3.8, 4) is 0 Å². The molecule has 0 aromatic carbocycles. The first-order valence-corrected chi connectivity index (χ1v) is 8.29. The zero-order chi connectivity index (χ0) is 14.4. The van der Waals surface area contributed by atoms with Gasteiger partial charge in [-0.05, 0) is 69.9 Å². The quantitative estimate of drug-likeness (QED) is 0.724. The lowest BCUT2D eigenvalue weighted by Gasteiger charge is -2.61. The molecule has 4 saturated carbocycles. The Bertz CT molecular complexity index is 376. The molecule has 0 heterocycles. The SMILES string of the molecule is CCC12CC3CC(C1)CC(C(=O)OCCN(C)C)(C3)C2. The molecular weight excluding hydrogens is 250 g/mol. The van der Waals surface area contributed by atoms with E-state index >= 15 is 0 Å². The Balaban J connectivity index is 1.70. The molecule has 114 valence electrons. The van der Waals surface area contributed by atoms with Crippen molar-refractivity contribution >= 4 is 5.97 Å². The summed E-state index contributed by atoms with van der Waals surface area (Å²) in [6.45, 7) is 3.69. The van der Waals surface area contributed by atoms with Crippen molar-refractivity contribution in [2.24, 2.45) is 22.7 Å². The molecule has 0 aromatic rings. The average Bonchev–Trinajstić information content (AvgIpc) is 2.36. The lowest BCUT2D eigenvalue weighted by Crippen LogP contribution is -2.55. The molecule has 3 nitrogen and oxygen atoms in total. The first kappa shape index (κ1) is 14.4. The zero-order valence-corrected chi connectivity index (χ0v) is 13.3. The summed E-state index contributed by atoms with van der Waals surface area (Å²) in [5.74, 6) is 1.70. The minimum absolute atomic E-state index is 0.117. The number of nitrogens with zero attached hydrogens (tertiary/aromatic N) is 1. The summed E-state index contributed by atoms with van der Waals surface area (Å²) >= 11 is 0. The molecule has 0 N–H and O–H groups in total. The van der Waals surface area contributed by atoms with E-state index < -0.39 is 0 Å².